The number of halogens is 3. The highest BCUT2D eigenvalue weighted by Gasteiger charge is 2.03. The molecular weight excluding hydrogens is 341 g/mol. The molecule has 1 aromatic heterocycles. The summed E-state index contributed by atoms with van der Waals surface area (Å²) < 4.78 is 1.08. The third-order valence-corrected chi connectivity index (χ3v) is 4.23. The van der Waals surface area contributed by atoms with Gasteiger partial charge in [-0.15, -0.1) is 11.8 Å². The zero-order valence-corrected chi connectivity index (χ0v) is 12.6. The topological polar surface area (TPSA) is 12.9 Å². The van der Waals surface area contributed by atoms with E-state index in [1.165, 1.54) is 4.90 Å². The highest BCUT2D eigenvalue weighted by Crippen LogP contribution is 2.27. The Hall–Kier alpha value is -0.220. The number of hydrogen-bond acceptors (Lipinski definition) is 2. The Bertz CT molecular complexity index is 516. The second-order valence-corrected chi connectivity index (χ2v) is 6.04. The number of pyridine rings is 1. The van der Waals surface area contributed by atoms with E-state index >= 15 is 0 Å². The summed E-state index contributed by atoms with van der Waals surface area (Å²) in [5, 5.41) is 0.898. The molecule has 17 heavy (non-hydrogen) atoms. The monoisotopic (exact) mass is 347 g/mol. The Labute approximate surface area is 123 Å². The number of nitrogens with zero attached hydrogens (tertiary/aromatic N) is 1. The number of thioether (sulfide) groups is 1. The van der Waals surface area contributed by atoms with Gasteiger partial charge < -0.3 is 0 Å². The van der Waals surface area contributed by atoms with E-state index in [4.69, 9.17) is 23.2 Å². The first-order valence-corrected chi connectivity index (χ1v) is 7.38. The first-order valence-electron chi connectivity index (χ1n) is 4.84. The van der Waals surface area contributed by atoms with Crippen LogP contribution in [0.2, 0.25) is 10.3 Å². The minimum absolute atomic E-state index is 0.424. The number of hydrogen-bond donors (Lipinski definition) is 0. The molecule has 0 N–H and O–H groups in total. The van der Waals surface area contributed by atoms with Crippen molar-refractivity contribution in [3.8, 4) is 0 Å². The summed E-state index contributed by atoms with van der Waals surface area (Å²) in [5.74, 6) is 0.782. The Morgan fingerprint density at radius 2 is 1.76 bits per heavy atom. The Morgan fingerprint density at radius 3 is 2.41 bits per heavy atom. The van der Waals surface area contributed by atoms with Crippen molar-refractivity contribution in [1.82, 2.24) is 4.98 Å². The maximum Gasteiger partial charge on any atom is 0.134 e. The average molecular weight is 349 g/mol. The summed E-state index contributed by atoms with van der Waals surface area (Å²) in [4.78, 5) is 5.20. The van der Waals surface area contributed by atoms with Crippen LogP contribution < -0.4 is 0 Å². The SMILES string of the molecule is Clc1ccc(CSc2ccc(Br)cc2)c(Cl)n1. The van der Waals surface area contributed by atoms with E-state index in [9.17, 15) is 0 Å². The first-order chi connectivity index (χ1) is 8.15. The molecular formula is C12H8BrCl2NS. The normalized spacial score (nSPS) is 10.5. The lowest BCUT2D eigenvalue weighted by molar-refractivity contribution is 1.25. The molecule has 0 fully saturated rings. The molecule has 0 spiro atoms. The highest BCUT2D eigenvalue weighted by atomic mass is 79.9. The molecule has 0 saturated heterocycles. The van der Waals surface area contributed by atoms with Gasteiger partial charge in [-0.25, -0.2) is 4.98 Å². The van der Waals surface area contributed by atoms with Gasteiger partial charge in [0.05, 0.1) is 0 Å². The first kappa shape index (κ1) is 13.2. The van der Waals surface area contributed by atoms with Crippen LogP contribution in [0, 0.1) is 0 Å². The van der Waals surface area contributed by atoms with Gasteiger partial charge in [0.2, 0.25) is 0 Å². The zero-order chi connectivity index (χ0) is 12.3. The maximum atomic E-state index is 6.00. The quantitative estimate of drug-likeness (QED) is 0.540. The molecule has 0 aliphatic heterocycles. The van der Waals surface area contributed by atoms with E-state index in [-0.39, 0.29) is 0 Å². The molecule has 0 unspecified atom stereocenters. The van der Waals surface area contributed by atoms with Gasteiger partial charge in [0, 0.05) is 15.1 Å². The predicted molar refractivity (Wildman–Crippen MR) is 78.0 cm³/mol. The molecule has 0 atom stereocenters. The van der Waals surface area contributed by atoms with Crippen LogP contribution in [0.5, 0.6) is 0 Å². The van der Waals surface area contributed by atoms with Crippen LogP contribution in [0.25, 0.3) is 0 Å². The smallest absolute Gasteiger partial charge is 0.134 e. The number of rotatable bonds is 3. The van der Waals surface area contributed by atoms with Crippen LogP contribution in [0.4, 0.5) is 0 Å². The van der Waals surface area contributed by atoms with E-state index < -0.39 is 0 Å². The van der Waals surface area contributed by atoms with Crippen molar-refractivity contribution in [3.05, 3.63) is 56.7 Å². The fourth-order valence-corrected chi connectivity index (χ4v) is 2.88. The number of benzene rings is 1. The van der Waals surface area contributed by atoms with Crippen molar-refractivity contribution in [3.63, 3.8) is 0 Å². The second-order valence-electron chi connectivity index (χ2n) is 3.33. The summed E-state index contributed by atoms with van der Waals surface area (Å²) in [6.07, 6.45) is 0. The molecule has 1 nitrogen and oxygen atoms in total. The van der Waals surface area contributed by atoms with Crippen LogP contribution in [0.3, 0.4) is 0 Å². The average Bonchev–Trinajstić information content (AvgIpc) is 2.30. The summed E-state index contributed by atoms with van der Waals surface area (Å²) in [6.45, 7) is 0. The fourth-order valence-electron chi connectivity index (χ4n) is 1.24. The Balaban J connectivity index is 2.04. The molecule has 2 aromatic rings. The zero-order valence-electron chi connectivity index (χ0n) is 8.66. The van der Waals surface area contributed by atoms with Crippen molar-refractivity contribution in [2.24, 2.45) is 0 Å². The van der Waals surface area contributed by atoms with Crippen LogP contribution in [-0.4, -0.2) is 4.98 Å². The molecule has 0 aliphatic rings. The fraction of sp³-hybridized carbons (Fsp3) is 0.0833. The van der Waals surface area contributed by atoms with Gasteiger partial charge >= 0.3 is 0 Å². The van der Waals surface area contributed by atoms with E-state index in [2.05, 4.69) is 33.0 Å². The van der Waals surface area contributed by atoms with Crippen molar-refractivity contribution < 1.29 is 0 Å². The summed E-state index contributed by atoms with van der Waals surface area (Å²) in [5.41, 5.74) is 0.990. The van der Waals surface area contributed by atoms with Crippen LogP contribution in [-0.2, 0) is 5.75 Å². The molecule has 0 aliphatic carbocycles. The molecule has 0 radical (unpaired) electrons. The van der Waals surface area contributed by atoms with Gasteiger partial charge in [0.15, 0.2) is 0 Å². The van der Waals surface area contributed by atoms with Crippen molar-refractivity contribution in [2.45, 2.75) is 10.6 Å². The van der Waals surface area contributed by atoms with Crippen molar-refractivity contribution in [1.29, 1.82) is 0 Å². The third kappa shape index (κ3) is 3.88. The van der Waals surface area contributed by atoms with Crippen molar-refractivity contribution in [2.75, 3.05) is 0 Å². The van der Waals surface area contributed by atoms with E-state index in [1.807, 2.05) is 18.2 Å². The van der Waals surface area contributed by atoms with Gasteiger partial charge in [-0.1, -0.05) is 45.2 Å². The molecule has 2 rings (SSSR count). The highest BCUT2D eigenvalue weighted by molar-refractivity contribution is 9.10. The molecule has 88 valence electrons. The van der Waals surface area contributed by atoms with Crippen molar-refractivity contribution >= 4 is 50.9 Å². The predicted octanol–water partition coefficient (Wildman–Crippen LogP) is 5.44. The van der Waals surface area contributed by atoms with Crippen LogP contribution in [0.15, 0.2) is 45.8 Å². The van der Waals surface area contributed by atoms with Gasteiger partial charge in [0.1, 0.15) is 10.3 Å². The Kier molecular flexibility index (Phi) is 4.74. The standard InChI is InChI=1S/C12H8BrCl2NS/c13-9-2-4-10(5-3-9)17-7-8-1-6-11(14)16-12(8)15/h1-6H,7H2. The lowest BCUT2D eigenvalue weighted by Crippen LogP contribution is -1.86. The van der Waals surface area contributed by atoms with E-state index in [1.54, 1.807) is 17.8 Å². The van der Waals surface area contributed by atoms with Crippen LogP contribution >= 0.6 is 50.9 Å². The van der Waals surface area contributed by atoms with E-state index in [0.29, 0.717) is 10.3 Å². The minimum atomic E-state index is 0.424. The lowest BCUT2D eigenvalue weighted by atomic mass is 10.3. The second kappa shape index (κ2) is 6.10. The molecule has 5 heteroatoms. The molecule has 1 heterocycles. The van der Waals surface area contributed by atoms with Gasteiger partial charge in [-0.3, -0.25) is 0 Å². The van der Waals surface area contributed by atoms with Gasteiger partial charge in [-0.2, -0.15) is 0 Å². The molecule has 0 amide bonds. The molecule has 1 aromatic carbocycles. The molecule has 0 saturated carbocycles. The maximum absolute atomic E-state index is 6.00. The number of aromatic nitrogens is 1. The van der Waals surface area contributed by atoms with Gasteiger partial charge in [-0.05, 0) is 35.9 Å². The summed E-state index contributed by atoms with van der Waals surface area (Å²) in [6, 6.07) is 11.8. The third-order valence-electron chi connectivity index (χ3n) is 2.10. The Morgan fingerprint density at radius 1 is 1.06 bits per heavy atom. The lowest BCUT2D eigenvalue weighted by Gasteiger charge is -2.04. The van der Waals surface area contributed by atoms with E-state index in [0.717, 1.165) is 15.8 Å². The summed E-state index contributed by atoms with van der Waals surface area (Å²) in [7, 11) is 0. The molecule has 0 bridgehead atoms. The van der Waals surface area contributed by atoms with Gasteiger partial charge in [0.25, 0.3) is 0 Å². The van der Waals surface area contributed by atoms with Crippen LogP contribution in [0.1, 0.15) is 5.56 Å². The minimum Gasteiger partial charge on any atom is -0.224 e. The summed E-state index contributed by atoms with van der Waals surface area (Å²) >= 11 is 16.9. The largest absolute Gasteiger partial charge is 0.224 e.